The maximum atomic E-state index is 6.17. The number of thiophene rings is 1. The quantitative estimate of drug-likeness (QED) is 0.741. The largest absolute Gasteiger partial charge is 0.380 e. The molecule has 0 saturated heterocycles. The molecule has 18 heavy (non-hydrogen) atoms. The molecule has 1 aromatic heterocycles. The average molecular weight is 335 g/mol. The van der Waals surface area contributed by atoms with E-state index in [0.29, 0.717) is 0 Å². The van der Waals surface area contributed by atoms with Gasteiger partial charge < -0.3 is 10.5 Å². The molecule has 2 atom stereocenters. The lowest BCUT2D eigenvalue weighted by molar-refractivity contribution is 0.0918. The minimum Gasteiger partial charge on any atom is -0.380 e. The van der Waals surface area contributed by atoms with E-state index in [4.69, 9.17) is 10.5 Å². The van der Waals surface area contributed by atoms with Gasteiger partial charge in [0.05, 0.1) is 12.6 Å². The van der Waals surface area contributed by atoms with Crippen molar-refractivity contribution in [2.24, 2.45) is 5.73 Å². The van der Waals surface area contributed by atoms with E-state index in [1.165, 1.54) is 4.88 Å². The highest BCUT2D eigenvalue weighted by atomic mass is 79.9. The van der Waals surface area contributed by atoms with Gasteiger partial charge in [-0.1, -0.05) is 6.92 Å². The summed E-state index contributed by atoms with van der Waals surface area (Å²) in [5.41, 5.74) is 6.17. The molecule has 0 saturated carbocycles. The minimum absolute atomic E-state index is 0.108. The summed E-state index contributed by atoms with van der Waals surface area (Å²) in [4.78, 5) is 3.70. The van der Waals surface area contributed by atoms with Crippen molar-refractivity contribution in [3.05, 3.63) is 20.8 Å². The molecule has 0 aliphatic heterocycles. The van der Waals surface area contributed by atoms with Gasteiger partial charge in [-0.15, -0.1) is 11.3 Å². The molecule has 2 N–H and O–H groups in total. The Morgan fingerprint density at radius 1 is 1.50 bits per heavy atom. The van der Waals surface area contributed by atoms with Crippen LogP contribution >= 0.6 is 27.3 Å². The van der Waals surface area contributed by atoms with Gasteiger partial charge in [-0.05, 0) is 42.4 Å². The van der Waals surface area contributed by atoms with Crippen molar-refractivity contribution >= 4 is 27.3 Å². The molecule has 0 radical (unpaired) electrons. The van der Waals surface area contributed by atoms with Crippen LogP contribution in [0.15, 0.2) is 15.9 Å². The number of nitrogens with two attached hydrogens (primary N) is 1. The first-order valence-electron chi connectivity index (χ1n) is 6.41. The van der Waals surface area contributed by atoms with Crippen LogP contribution in [0.1, 0.15) is 31.7 Å². The fraction of sp³-hybridized carbons (Fsp3) is 0.692. The number of nitrogens with zero attached hydrogens (tertiary/aromatic N) is 1. The smallest absolute Gasteiger partial charge is 0.0593 e. The Bertz CT molecular complexity index is 343. The van der Waals surface area contributed by atoms with E-state index in [9.17, 15) is 0 Å². The van der Waals surface area contributed by atoms with Gasteiger partial charge >= 0.3 is 0 Å². The Balaban J connectivity index is 2.75. The normalized spacial score (nSPS) is 15.0. The second-order valence-corrected chi connectivity index (χ2v) is 6.16. The molecule has 0 aliphatic rings. The zero-order chi connectivity index (χ0) is 13.5. The molecule has 1 rings (SSSR count). The van der Waals surface area contributed by atoms with Gasteiger partial charge in [0.2, 0.25) is 0 Å². The third-order valence-electron chi connectivity index (χ3n) is 2.90. The van der Waals surface area contributed by atoms with E-state index in [-0.39, 0.29) is 12.1 Å². The Morgan fingerprint density at radius 2 is 2.22 bits per heavy atom. The summed E-state index contributed by atoms with van der Waals surface area (Å²) in [6.45, 7) is 9.70. The van der Waals surface area contributed by atoms with Crippen LogP contribution < -0.4 is 5.73 Å². The fourth-order valence-corrected chi connectivity index (χ4v) is 3.77. The van der Waals surface area contributed by atoms with Gasteiger partial charge in [-0.25, -0.2) is 0 Å². The topological polar surface area (TPSA) is 38.5 Å². The second kappa shape index (κ2) is 8.27. The van der Waals surface area contributed by atoms with Crippen LogP contribution in [0.4, 0.5) is 0 Å². The summed E-state index contributed by atoms with van der Waals surface area (Å²) in [5, 5.41) is 2.11. The van der Waals surface area contributed by atoms with Gasteiger partial charge in [0.1, 0.15) is 0 Å². The van der Waals surface area contributed by atoms with E-state index < -0.39 is 0 Å². The summed E-state index contributed by atoms with van der Waals surface area (Å²) >= 11 is 5.27. The first-order valence-corrected chi connectivity index (χ1v) is 8.08. The highest BCUT2D eigenvalue weighted by Gasteiger charge is 2.24. The molecule has 0 bridgehead atoms. The summed E-state index contributed by atoms with van der Waals surface area (Å²) in [5.74, 6) is 0. The maximum absolute atomic E-state index is 6.17. The maximum Gasteiger partial charge on any atom is 0.0593 e. The number of likely N-dealkylation sites (N-methyl/N-ethyl adjacent to an activating group) is 1. The van der Waals surface area contributed by atoms with Crippen molar-refractivity contribution in [2.45, 2.75) is 32.9 Å². The monoisotopic (exact) mass is 334 g/mol. The Labute approximate surface area is 122 Å². The molecule has 0 aliphatic carbocycles. The van der Waals surface area contributed by atoms with Crippen molar-refractivity contribution in [2.75, 3.05) is 26.3 Å². The number of rotatable bonds is 8. The van der Waals surface area contributed by atoms with Crippen molar-refractivity contribution in [1.29, 1.82) is 0 Å². The van der Waals surface area contributed by atoms with Crippen molar-refractivity contribution in [3.63, 3.8) is 0 Å². The standard InChI is InChI=1S/C13H23BrN2OS/c1-4-16(6-7-17-5-2)13(10(3)15)12-8-11(14)9-18-12/h8-10,13H,4-7,15H2,1-3H3. The second-order valence-electron chi connectivity index (χ2n) is 4.30. The van der Waals surface area contributed by atoms with E-state index in [0.717, 1.165) is 30.8 Å². The lowest BCUT2D eigenvalue weighted by Crippen LogP contribution is -2.40. The summed E-state index contributed by atoms with van der Waals surface area (Å²) in [6, 6.07) is 2.55. The van der Waals surface area contributed by atoms with Gasteiger partial charge in [-0.3, -0.25) is 4.90 Å². The number of halogens is 1. The molecule has 5 heteroatoms. The van der Waals surface area contributed by atoms with Gasteiger partial charge in [0.15, 0.2) is 0 Å². The van der Waals surface area contributed by atoms with Crippen LogP contribution in [0.3, 0.4) is 0 Å². The molecule has 0 fully saturated rings. The Hall–Kier alpha value is 0.0600. The third-order valence-corrected chi connectivity index (χ3v) is 4.67. The Morgan fingerprint density at radius 3 is 2.67 bits per heavy atom. The van der Waals surface area contributed by atoms with Crippen LogP contribution in [-0.4, -0.2) is 37.2 Å². The summed E-state index contributed by atoms with van der Waals surface area (Å²) in [7, 11) is 0. The average Bonchev–Trinajstić information content (AvgIpc) is 2.74. The lowest BCUT2D eigenvalue weighted by atomic mass is 10.1. The first kappa shape index (κ1) is 16.1. The van der Waals surface area contributed by atoms with Crippen LogP contribution in [0.25, 0.3) is 0 Å². The Kier molecular flexibility index (Phi) is 7.41. The zero-order valence-corrected chi connectivity index (χ0v) is 13.8. The number of ether oxygens (including phenoxy) is 1. The van der Waals surface area contributed by atoms with E-state index in [1.807, 2.05) is 6.92 Å². The van der Waals surface area contributed by atoms with Crippen molar-refractivity contribution < 1.29 is 4.74 Å². The van der Waals surface area contributed by atoms with Crippen molar-refractivity contribution in [1.82, 2.24) is 4.90 Å². The zero-order valence-electron chi connectivity index (χ0n) is 11.4. The molecule has 0 spiro atoms. The molecule has 104 valence electrons. The number of hydrogen-bond acceptors (Lipinski definition) is 4. The van der Waals surface area contributed by atoms with Crippen LogP contribution in [0, 0.1) is 0 Å². The highest BCUT2D eigenvalue weighted by molar-refractivity contribution is 9.10. The highest BCUT2D eigenvalue weighted by Crippen LogP contribution is 2.31. The van der Waals surface area contributed by atoms with E-state index in [1.54, 1.807) is 11.3 Å². The predicted octanol–water partition coefficient (Wildman–Crippen LogP) is 3.26. The molecule has 1 heterocycles. The molecule has 3 nitrogen and oxygen atoms in total. The fourth-order valence-electron chi connectivity index (χ4n) is 2.07. The van der Waals surface area contributed by atoms with E-state index in [2.05, 4.69) is 46.1 Å². The van der Waals surface area contributed by atoms with Gasteiger partial charge in [-0.2, -0.15) is 0 Å². The third kappa shape index (κ3) is 4.63. The van der Waals surface area contributed by atoms with Crippen LogP contribution in [0.2, 0.25) is 0 Å². The van der Waals surface area contributed by atoms with E-state index >= 15 is 0 Å². The molecular weight excluding hydrogens is 312 g/mol. The van der Waals surface area contributed by atoms with Gasteiger partial charge in [0, 0.05) is 33.9 Å². The lowest BCUT2D eigenvalue weighted by Gasteiger charge is -2.32. The van der Waals surface area contributed by atoms with Crippen molar-refractivity contribution in [3.8, 4) is 0 Å². The molecule has 0 aromatic carbocycles. The summed E-state index contributed by atoms with van der Waals surface area (Å²) in [6.07, 6.45) is 0. The molecule has 0 amide bonds. The molecule has 1 aromatic rings. The van der Waals surface area contributed by atoms with Crippen LogP contribution in [-0.2, 0) is 4.74 Å². The summed E-state index contributed by atoms with van der Waals surface area (Å²) < 4.78 is 6.58. The molecular formula is C13H23BrN2OS. The first-order chi connectivity index (χ1) is 8.60. The SMILES string of the molecule is CCOCCN(CC)C(c1cc(Br)cs1)C(C)N. The minimum atomic E-state index is 0.108. The van der Waals surface area contributed by atoms with Gasteiger partial charge in [0.25, 0.3) is 0 Å². The van der Waals surface area contributed by atoms with Crippen LogP contribution in [0.5, 0.6) is 0 Å². The predicted molar refractivity (Wildman–Crippen MR) is 82.1 cm³/mol. The molecule has 2 unspecified atom stereocenters. The number of hydrogen-bond donors (Lipinski definition) is 1.